The molecule has 4 aromatic carbocycles. The van der Waals surface area contributed by atoms with E-state index in [-0.39, 0.29) is 5.97 Å². The number of carbonyl (C=O) groups is 1. The number of carbonyl (C=O) groups excluding carboxylic acids is 1. The van der Waals surface area contributed by atoms with E-state index in [4.69, 9.17) is 4.74 Å². The fourth-order valence-corrected chi connectivity index (χ4v) is 5.92. The number of benzene rings is 4. The van der Waals surface area contributed by atoms with E-state index in [1.807, 2.05) is 78.0 Å². The van der Waals surface area contributed by atoms with Gasteiger partial charge in [0.05, 0.1) is 0 Å². The van der Waals surface area contributed by atoms with Gasteiger partial charge in [0.25, 0.3) is 0 Å². The number of hydrogen-bond acceptors (Lipinski definition) is 3. The molecule has 2 aromatic heterocycles. The zero-order chi connectivity index (χ0) is 25.2. The molecule has 37 heavy (non-hydrogen) atoms. The van der Waals surface area contributed by atoms with Gasteiger partial charge in [-0.05, 0) is 0 Å². The van der Waals surface area contributed by atoms with E-state index in [0.717, 1.165) is 38.4 Å². The van der Waals surface area contributed by atoms with E-state index in [0.29, 0.717) is 32.5 Å². The molecule has 2 heterocycles. The number of fused-ring (bicyclic) bond motifs is 2. The fraction of sp³-hybridized carbons (Fsp3) is 0.0968. The maximum absolute atomic E-state index is 14.0. The van der Waals surface area contributed by atoms with Crippen LogP contribution in [0, 0.1) is 0 Å². The van der Waals surface area contributed by atoms with Crippen molar-refractivity contribution in [3.63, 3.8) is 0 Å². The summed E-state index contributed by atoms with van der Waals surface area (Å²) >= 11 is 0.630. The minimum absolute atomic E-state index is 0.285. The van der Waals surface area contributed by atoms with Crippen molar-refractivity contribution in [2.24, 2.45) is 0 Å². The van der Waals surface area contributed by atoms with Gasteiger partial charge in [0.1, 0.15) is 0 Å². The Hall–Kier alpha value is -3.72. The number of ether oxygens (including phenoxy) is 1. The number of aromatic nitrogens is 3. The number of rotatable bonds is 7. The minimum atomic E-state index is -0.569. The first-order valence-electron chi connectivity index (χ1n) is 12.2. The number of imidazole rings is 1. The van der Waals surface area contributed by atoms with E-state index in [9.17, 15) is 4.79 Å². The molecular formula is C31H24N3O2Tl. The Kier molecular flexibility index (Phi) is 6.61. The monoisotopic (exact) mass is 675 g/mol. The molecule has 6 rings (SSSR count). The second-order valence-electron chi connectivity index (χ2n) is 9.12. The van der Waals surface area contributed by atoms with Crippen LogP contribution in [-0.2, 0) is 16.0 Å². The Morgan fingerprint density at radius 3 is 1.92 bits per heavy atom. The van der Waals surface area contributed by atoms with E-state index in [1.54, 1.807) is 0 Å². The molecule has 0 saturated carbocycles. The van der Waals surface area contributed by atoms with Crippen LogP contribution in [0.1, 0.15) is 29.0 Å². The standard InChI is InChI=1S/C31H24N3O2.Tl/c35-31(29(34-17-5-6-18-34)19-24-20-32-21-33-24)36-30(27-15-7-11-22-9-1-3-13-25(22)27)28-16-8-12-23-10-2-4-14-26(23)28;/h1-18,20-21,29-30H,19H2;/q-1;+1/t29-;/m0./s1. The van der Waals surface area contributed by atoms with Crippen molar-refractivity contribution in [2.75, 3.05) is 0 Å². The van der Waals surface area contributed by atoms with Gasteiger partial charge >= 0.3 is 220 Å². The van der Waals surface area contributed by atoms with Crippen molar-refractivity contribution in [1.29, 1.82) is 0 Å². The van der Waals surface area contributed by atoms with Gasteiger partial charge in [-0.25, -0.2) is 0 Å². The molecule has 6 aromatic rings. The molecule has 0 spiro atoms. The number of esters is 1. The predicted molar refractivity (Wildman–Crippen MR) is 146 cm³/mol. The normalized spacial score (nSPS) is 12.2. The summed E-state index contributed by atoms with van der Waals surface area (Å²) in [4.78, 5) is 18.5. The Bertz CT molecular complexity index is 1600. The Labute approximate surface area is 231 Å². The van der Waals surface area contributed by atoms with Crippen molar-refractivity contribution in [3.8, 4) is 0 Å². The average molecular weight is 675 g/mol. The molecule has 0 aliphatic heterocycles. The van der Waals surface area contributed by atoms with Crippen LogP contribution < -0.4 is 0 Å². The van der Waals surface area contributed by atoms with Crippen LogP contribution in [0.5, 0.6) is 0 Å². The zero-order valence-corrected chi connectivity index (χ0v) is 24.6. The summed E-state index contributed by atoms with van der Waals surface area (Å²) < 4.78 is 10.5. The van der Waals surface area contributed by atoms with Crippen LogP contribution in [0.2, 0.25) is 0 Å². The molecule has 0 amide bonds. The zero-order valence-electron chi connectivity index (χ0n) is 20.1. The van der Waals surface area contributed by atoms with Gasteiger partial charge in [0, 0.05) is 0 Å². The van der Waals surface area contributed by atoms with E-state index >= 15 is 0 Å². The summed E-state index contributed by atoms with van der Waals surface area (Å²) in [5.41, 5.74) is 2.82. The molecule has 0 saturated heterocycles. The number of hydrogen-bond donors (Lipinski definition) is 0. The SMILES string of the molecule is O=C(OC(c1cccc2ccccc12)c1cccc2ccccc12)[C@H](Cc1c[n]([Tl])cn1)n1cccc1. The van der Waals surface area contributed by atoms with Crippen LogP contribution in [0.4, 0.5) is 0 Å². The van der Waals surface area contributed by atoms with Crippen molar-refractivity contribution >= 4 is 53.6 Å². The molecule has 0 unspecified atom stereocenters. The predicted octanol–water partition coefficient (Wildman–Crippen LogP) is 6.04. The first-order valence-corrected chi connectivity index (χ1v) is 14.2. The molecule has 1 atom stereocenters. The van der Waals surface area contributed by atoms with E-state index < -0.39 is 12.1 Å². The molecule has 0 aliphatic carbocycles. The Balaban J connectivity index is 1.47. The summed E-state index contributed by atoms with van der Waals surface area (Å²) in [6.45, 7) is 0. The molecule has 5 nitrogen and oxygen atoms in total. The topological polar surface area (TPSA) is 49.1 Å². The van der Waals surface area contributed by atoms with Gasteiger partial charge in [-0.3, -0.25) is 0 Å². The van der Waals surface area contributed by atoms with Gasteiger partial charge in [-0.15, -0.1) is 0 Å². The third-order valence-electron chi connectivity index (χ3n) is 6.76. The van der Waals surface area contributed by atoms with Crippen LogP contribution in [0.3, 0.4) is 0 Å². The molecule has 178 valence electrons. The maximum atomic E-state index is 14.0. The molecule has 0 bridgehead atoms. The summed E-state index contributed by atoms with van der Waals surface area (Å²) in [6.07, 6.45) is 7.56. The fourth-order valence-electron chi connectivity index (χ4n) is 5.00. The molecule has 0 N–H and O–H groups in total. The van der Waals surface area contributed by atoms with Gasteiger partial charge in [-0.1, -0.05) is 12.1 Å². The summed E-state index contributed by atoms with van der Waals surface area (Å²) in [5.74, 6) is -0.285. The molecule has 0 aliphatic rings. The molecular weight excluding hydrogens is 651 g/mol. The van der Waals surface area contributed by atoms with Crippen molar-refractivity contribution in [2.45, 2.75) is 18.6 Å². The van der Waals surface area contributed by atoms with Crippen LogP contribution in [-0.4, -0.2) is 44.0 Å². The number of nitrogens with zero attached hydrogens (tertiary/aromatic N) is 3. The van der Waals surface area contributed by atoms with Crippen molar-refractivity contribution in [1.82, 2.24) is 11.9 Å². The van der Waals surface area contributed by atoms with Crippen molar-refractivity contribution in [3.05, 3.63) is 139 Å². The van der Waals surface area contributed by atoms with Crippen molar-refractivity contribution < 1.29 is 9.53 Å². The van der Waals surface area contributed by atoms with Crippen LogP contribution in [0.15, 0.2) is 122 Å². The van der Waals surface area contributed by atoms with Gasteiger partial charge in [-0.2, -0.15) is 0 Å². The molecule has 0 fully saturated rings. The second kappa shape index (κ2) is 10.3. The molecule has 0 radical (unpaired) electrons. The summed E-state index contributed by atoms with van der Waals surface area (Å²) in [7, 11) is 0. The third kappa shape index (κ3) is 4.83. The summed E-state index contributed by atoms with van der Waals surface area (Å²) in [5, 5.41) is 4.37. The first-order chi connectivity index (χ1) is 18.2. The molecule has 6 heteroatoms. The average Bonchev–Trinajstić information content (AvgIpc) is 3.62. The quantitative estimate of drug-likeness (QED) is 0.153. The van der Waals surface area contributed by atoms with E-state index in [2.05, 4.69) is 55.9 Å². The Morgan fingerprint density at radius 1 is 0.784 bits per heavy atom. The Morgan fingerprint density at radius 2 is 1.35 bits per heavy atom. The first kappa shape index (κ1) is 23.7. The van der Waals surface area contributed by atoms with Crippen LogP contribution in [0.25, 0.3) is 21.5 Å². The third-order valence-corrected chi connectivity index (χ3v) is 7.86. The van der Waals surface area contributed by atoms with Gasteiger partial charge in [0.2, 0.25) is 0 Å². The van der Waals surface area contributed by atoms with Gasteiger partial charge < -0.3 is 0 Å². The second-order valence-corrected chi connectivity index (χ2v) is 11.4. The van der Waals surface area contributed by atoms with E-state index in [1.165, 1.54) is 0 Å². The van der Waals surface area contributed by atoms with Gasteiger partial charge in [0.15, 0.2) is 0 Å². The summed E-state index contributed by atoms with van der Waals surface area (Å²) in [6, 6.07) is 32.2. The van der Waals surface area contributed by atoms with Crippen LogP contribution >= 0.6 is 0 Å².